The number of nitrogens with one attached hydrogen (secondary N) is 1. The van der Waals surface area contributed by atoms with Crippen LogP contribution in [-0.2, 0) is 7.05 Å². The van der Waals surface area contributed by atoms with E-state index in [2.05, 4.69) is 15.4 Å². The van der Waals surface area contributed by atoms with E-state index in [4.69, 9.17) is 5.73 Å². The lowest BCUT2D eigenvalue weighted by atomic mass is 10.3. The lowest BCUT2D eigenvalue weighted by Crippen LogP contribution is -2.13. The molecule has 0 aromatic carbocycles. The minimum Gasteiger partial charge on any atom is -0.383 e. The minimum atomic E-state index is -0.277. The second-order valence-corrected chi connectivity index (χ2v) is 3.71. The summed E-state index contributed by atoms with van der Waals surface area (Å²) in [5.74, 6) is 0.0643. The van der Waals surface area contributed by atoms with E-state index in [1.807, 2.05) is 6.92 Å². The molecule has 0 fully saturated rings. The van der Waals surface area contributed by atoms with Gasteiger partial charge in [0.2, 0.25) is 0 Å². The third kappa shape index (κ3) is 2.25. The van der Waals surface area contributed by atoms with Crippen LogP contribution in [0.5, 0.6) is 0 Å². The van der Waals surface area contributed by atoms with Gasteiger partial charge in [-0.1, -0.05) is 0 Å². The highest BCUT2D eigenvalue weighted by molar-refractivity contribution is 6.07. The molecule has 2 rings (SSSR count). The van der Waals surface area contributed by atoms with Gasteiger partial charge in [-0.05, 0) is 19.1 Å². The largest absolute Gasteiger partial charge is 0.383 e. The van der Waals surface area contributed by atoms with Crippen molar-refractivity contribution in [1.29, 1.82) is 0 Å². The number of nitrogens with zero attached hydrogens (tertiary/aromatic N) is 3. The van der Waals surface area contributed by atoms with Gasteiger partial charge < -0.3 is 11.1 Å². The van der Waals surface area contributed by atoms with Crippen molar-refractivity contribution in [2.24, 2.45) is 7.05 Å². The first-order chi connectivity index (χ1) is 8.08. The molecule has 0 unspecified atom stereocenters. The maximum absolute atomic E-state index is 11.9. The van der Waals surface area contributed by atoms with E-state index in [0.717, 1.165) is 5.69 Å². The Labute approximate surface area is 98.5 Å². The zero-order valence-electron chi connectivity index (χ0n) is 9.64. The Morgan fingerprint density at radius 2 is 2.29 bits per heavy atom. The Kier molecular flexibility index (Phi) is 2.78. The fraction of sp³-hybridized carbons (Fsp3) is 0.182. The van der Waals surface area contributed by atoms with Crippen LogP contribution in [0.1, 0.15) is 16.1 Å². The molecule has 17 heavy (non-hydrogen) atoms. The molecule has 0 radical (unpaired) electrons. The van der Waals surface area contributed by atoms with Gasteiger partial charge in [-0.25, -0.2) is 0 Å². The smallest absolute Gasteiger partial charge is 0.261 e. The van der Waals surface area contributed by atoms with Crippen LogP contribution in [0.15, 0.2) is 24.5 Å². The molecule has 0 bridgehead atoms. The van der Waals surface area contributed by atoms with Crippen LogP contribution in [-0.4, -0.2) is 20.7 Å². The quantitative estimate of drug-likeness (QED) is 0.806. The van der Waals surface area contributed by atoms with E-state index in [-0.39, 0.29) is 5.91 Å². The van der Waals surface area contributed by atoms with Crippen LogP contribution in [0.3, 0.4) is 0 Å². The summed E-state index contributed by atoms with van der Waals surface area (Å²) in [4.78, 5) is 15.9. The van der Waals surface area contributed by atoms with Crippen molar-refractivity contribution in [1.82, 2.24) is 14.8 Å². The Morgan fingerprint density at radius 3 is 2.88 bits per heavy atom. The van der Waals surface area contributed by atoms with Crippen molar-refractivity contribution in [3.8, 4) is 0 Å². The molecule has 0 saturated heterocycles. The van der Waals surface area contributed by atoms with Crippen LogP contribution in [0.2, 0.25) is 0 Å². The molecule has 0 aliphatic carbocycles. The van der Waals surface area contributed by atoms with Crippen molar-refractivity contribution < 1.29 is 4.79 Å². The number of nitrogens with two attached hydrogens (primary N) is 1. The van der Waals surface area contributed by atoms with Crippen molar-refractivity contribution >= 4 is 17.4 Å². The molecule has 2 aromatic rings. The lowest BCUT2D eigenvalue weighted by Gasteiger charge is -2.04. The van der Waals surface area contributed by atoms with Crippen LogP contribution in [0.25, 0.3) is 0 Å². The van der Waals surface area contributed by atoms with E-state index < -0.39 is 0 Å². The van der Waals surface area contributed by atoms with E-state index in [1.54, 1.807) is 25.4 Å². The number of aromatic nitrogens is 3. The summed E-state index contributed by atoms with van der Waals surface area (Å²) < 4.78 is 1.45. The molecule has 2 aromatic heterocycles. The Morgan fingerprint density at radius 1 is 1.53 bits per heavy atom. The normalized spacial score (nSPS) is 10.2. The maximum atomic E-state index is 11.9. The average Bonchev–Trinajstić information content (AvgIpc) is 2.60. The summed E-state index contributed by atoms with van der Waals surface area (Å²) in [7, 11) is 1.68. The zero-order valence-corrected chi connectivity index (χ0v) is 9.64. The molecule has 6 heteroatoms. The molecule has 0 atom stereocenters. The predicted molar refractivity (Wildman–Crippen MR) is 64.5 cm³/mol. The second kappa shape index (κ2) is 4.25. The average molecular weight is 231 g/mol. The summed E-state index contributed by atoms with van der Waals surface area (Å²) in [6, 6.07) is 3.50. The van der Waals surface area contributed by atoms with Crippen molar-refractivity contribution in [3.63, 3.8) is 0 Å². The summed E-state index contributed by atoms with van der Waals surface area (Å²) >= 11 is 0. The molecule has 0 aliphatic heterocycles. The highest BCUT2D eigenvalue weighted by atomic mass is 16.1. The first-order valence-corrected chi connectivity index (χ1v) is 5.09. The van der Waals surface area contributed by atoms with Gasteiger partial charge in [-0.2, -0.15) is 5.10 Å². The SMILES string of the molecule is Cc1cc(NC(=O)c2cnn(C)c2N)ccn1. The van der Waals surface area contributed by atoms with E-state index in [1.165, 1.54) is 10.9 Å². The number of rotatable bonds is 2. The summed E-state index contributed by atoms with van der Waals surface area (Å²) in [6.45, 7) is 1.86. The number of aryl methyl sites for hydroxylation is 2. The van der Waals surface area contributed by atoms with Gasteiger partial charge in [0.05, 0.1) is 6.20 Å². The molecule has 88 valence electrons. The van der Waals surface area contributed by atoms with Crippen molar-refractivity contribution in [3.05, 3.63) is 35.8 Å². The van der Waals surface area contributed by atoms with Gasteiger partial charge in [0.25, 0.3) is 5.91 Å². The summed E-state index contributed by atoms with van der Waals surface area (Å²) in [6.07, 6.45) is 3.08. The van der Waals surface area contributed by atoms with Gasteiger partial charge >= 0.3 is 0 Å². The summed E-state index contributed by atoms with van der Waals surface area (Å²) in [5, 5.41) is 6.66. The number of nitrogen functional groups attached to an aromatic ring is 1. The number of carbonyl (C=O) groups is 1. The van der Waals surface area contributed by atoms with E-state index in [9.17, 15) is 4.79 Å². The third-order valence-corrected chi connectivity index (χ3v) is 2.38. The van der Waals surface area contributed by atoms with Gasteiger partial charge in [-0.15, -0.1) is 0 Å². The second-order valence-electron chi connectivity index (χ2n) is 3.71. The number of hydrogen-bond acceptors (Lipinski definition) is 4. The number of anilines is 2. The van der Waals surface area contributed by atoms with Gasteiger partial charge in [0, 0.05) is 24.6 Å². The molecular formula is C11H13N5O. The first-order valence-electron chi connectivity index (χ1n) is 5.09. The molecule has 0 aliphatic rings. The number of carbonyl (C=O) groups excluding carboxylic acids is 1. The topological polar surface area (TPSA) is 85.8 Å². The molecule has 1 amide bonds. The Hall–Kier alpha value is -2.37. The van der Waals surface area contributed by atoms with Crippen LogP contribution >= 0.6 is 0 Å². The molecule has 2 heterocycles. The number of pyridine rings is 1. The van der Waals surface area contributed by atoms with Crippen molar-refractivity contribution in [2.45, 2.75) is 6.92 Å². The highest BCUT2D eigenvalue weighted by Gasteiger charge is 2.13. The van der Waals surface area contributed by atoms with Crippen LogP contribution < -0.4 is 11.1 Å². The fourth-order valence-corrected chi connectivity index (χ4v) is 1.44. The molecule has 0 saturated carbocycles. The van der Waals surface area contributed by atoms with Crippen molar-refractivity contribution in [2.75, 3.05) is 11.1 Å². The number of hydrogen-bond donors (Lipinski definition) is 2. The minimum absolute atomic E-state index is 0.277. The Balaban J connectivity index is 2.20. The Bertz CT molecular complexity index is 561. The van der Waals surface area contributed by atoms with E-state index in [0.29, 0.717) is 17.1 Å². The maximum Gasteiger partial charge on any atom is 0.261 e. The standard InChI is InChI=1S/C11H13N5O/c1-7-5-8(3-4-13-7)15-11(17)9-6-14-16(2)10(9)12/h3-6H,12H2,1-2H3,(H,13,15,17). The van der Waals surface area contributed by atoms with Gasteiger partial charge in [0.1, 0.15) is 11.4 Å². The monoisotopic (exact) mass is 231 g/mol. The summed E-state index contributed by atoms with van der Waals surface area (Å²) in [5.41, 5.74) is 7.60. The zero-order chi connectivity index (χ0) is 12.4. The van der Waals surface area contributed by atoms with Gasteiger partial charge in [0.15, 0.2) is 0 Å². The van der Waals surface area contributed by atoms with Crippen LogP contribution in [0.4, 0.5) is 11.5 Å². The lowest BCUT2D eigenvalue weighted by molar-refractivity contribution is 0.102. The highest BCUT2D eigenvalue weighted by Crippen LogP contribution is 2.13. The number of amides is 1. The molecule has 3 N–H and O–H groups in total. The molecular weight excluding hydrogens is 218 g/mol. The predicted octanol–water partition coefficient (Wildman–Crippen LogP) is 0.958. The first kappa shape index (κ1) is 11.1. The van der Waals surface area contributed by atoms with Crippen LogP contribution in [0, 0.1) is 6.92 Å². The fourth-order valence-electron chi connectivity index (χ4n) is 1.44. The van der Waals surface area contributed by atoms with E-state index >= 15 is 0 Å². The molecule has 6 nitrogen and oxygen atoms in total. The van der Waals surface area contributed by atoms with Gasteiger partial charge in [-0.3, -0.25) is 14.5 Å². The molecule has 0 spiro atoms. The third-order valence-electron chi connectivity index (χ3n) is 2.38.